The maximum Gasteiger partial charge on any atom is 0.227 e. The predicted molar refractivity (Wildman–Crippen MR) is 84.6 cm³/mol. The summed E-state index contributed by atoms with van der Waals surface area (Å²) in [6.45, 7) is 2.57. The van der Waals surface area contributed by atoms with Crippen molar-refractivity contribution in [2.75, 3.05) is 46.6 Å². The molecular weight excluding hydrogens is 266 g/mol. The lowest BCUT2D eigenvalue weighted by Gasteiger charge is -2.21. The van der Waals surface area contributed by atoms with E-state index in [9.17, 15) is 4.79 Å². The summed E-state index contributed by atoms with van der Waals surface area (Å²) >= 11 is 0. The van der Waals surface area contributed by atoms with Crippen LogP contribution in [0.4, 0.5) is 5.69 Å². The van der Waals surface area contributed by atoms with Crippen LogP contribution in [0.25, 0.3) is 0 Å². The summed E-state index contributed by atoms with van der Waals surface area (Å²) in [5.74, 6) is 0.815. The van der Waals surface area contributed by atoms with Crippen LogP contribution in [0.3, 0.4) is 0 Å². The van der Waals surface area contributed by atoms with E-state index in [0.29, 0.717) is 17.9 Å². The molecule has 0 saturated heterocycles. The minimum atomic E-state index is 0.160. The van der Waals surface area contributed by atoms with Crippen molar-refractivity contribution >= 4 is 11.6 Å². The van der Waals surface area contributed by atoms with Crippen LogP contribution < -0.4 is 10.5 Å². The Hall–Kier alpha value is -1.75. The zero-order valence-corrected chi connectivity index (χ0v) is 13.2. The van der Waals surface area contributed by atoms with E-state index in [1.54, 1.807) is 7.11 Å². The van der Waals surface area contributed by atoms with Crippen LogP contribution in [0.5, 0.6) is 5.75 Å². The highest BCUT2D eigenvalue weighted by Gasteiger charge is 2.23. The summed E-state index contributed by atoms with van der Waals surface area (Å²) in [6.07, 6.45) is 2.23. The van der Waals surface area contributed by atoms with E-state index in [0.717, 1.165) is 43.6 Å². The van der Waals surface area contributed by atoms with Gasteiger partial charge in [0.1, 0.15) is 5.75 Å². The minimum absolute atomic E-state index is 0.160. The maximum atomic E-state index is 12.4. The fraction of sp³-hybridized carbons (Fsp3) is 0.562. The summed E-state index contributed by atoms with van der Waals surface area (Å²) < 4.78 is 5.25. The first-order chi connectivity index (χ1) is 10.0. The fourth-order valence-corrected chi connectivity index (χ4v) is 2.77. The molecule has 21 heavy (non-hydrogen) atoms. The van der Waals surface area contributed by atoms with Gasteiger partial charge in [-0.25, -0.2) is 0 Å². The Balaban J connectivity index is 2.10. The Morgan fingerprint density at radius 3 is 2.81 bits per heavy atom. The average Bonchev–Trinajstić information content (AvgIpc) is 2.60. The summed E-state index contributed by atoms with van der Waals surface area (Å²) in [5.41, 5.74) is 8.84. The molecule has 1 aromatic rings. The highest BCUT2D eigenvalue weighted by molar-refractivity contribution is 5.82. The molecule has 1 aliphatic heterocycles. The maximum absolute atomic E-state index is 12.4. The Kier molecular flexibility index (Phi) is 5.07. The molecule has 2 rings (SSSR count). The van der Waals surface area contributed by atoms with Gasteiger partial charge in [0.05, 0.1) is 19.2 Å². The standard InChI is InChI=1S/C16H25N3O2/c1-18(2)8-4-9-19-10-7-12-5-6-14(21-3)16(17)13(12)11-15(19)20/h5-6H,4,7-11,17H2,1-3H3. The van der Waals surface area contributed by atoms with E-state index in [1.807, 2.05) is 31.1 Å². The van der Waals surface area contributed by atoms with Gasteiger partial charge in [-0.15, -0.1) is 0 Å². The van der Waals surface area contributed by atoms with Crippen LogP contribution in [0, 0.1) is 0 Å². The number of anilines is 1. The number of amides is 1. The topological polar surface area (TPSA) is 58.8 Å². The highest BCUT2D eigenvalue weighted by Crippen LogP contribution is 2.30. The third kappa shape index (κ3) is 3.67. The molecule has 5 nitrogen and oxygen atoms in total. The van der Waals surface area contributed by atoms with Crippen molar-refractivity contribution < 1.29 is 9.53 Å². The molecule has 0 bridgehead atoms. The van der Waals surface area contributed by atoms with Crippen molar-refractivity contribution in [2.45, 2.75) is 19.3 Å². The van der Waals surface area contributed by atoms with E-state index in [1.165, 1.54) is 0 Å². The largest absolute Gasteiger partial charge is 0.495 e. The van der Waals surface area contributed by atoms with Crippen molar-refractivity contribution in [3.05, 3.63) is 23.3 Å². The zero-order valence-electron chi connectivity index (χ0n) is 13.2. The zero-order chi connectivity index (χ0) is 15.4. The molecule has 2 N–H and O–H groups in total. The third-order valence-corrected chi connectivity index (χ3v) is 4.00. The first-order valence-corrected chi connectivity index (χ1v) is 7.39. The van der Waals surface area contributed by atoms with E-state index in [-0.39, 0.29) is 5.91 Å². The molecule has 0 saturated carbocycles. The van der Waals surface area contributed by atoms with Crippen LogP contribution in [0.1, 0.15) is 17.5 Å². The molecule has 1 aliphatic rings. The monoisotopic (exact) mass is 291 g/mol. The second kappa shape index (κ2) is 6.80. The Morgan fingerprint density at radius 2 is 2.14 bits per heavy atom. The first kappa shape index (κ1) is 15.6. The third-order valence-electron chi connectivity index (χ3n) is 4.00. The Morgan fingerprint density at radius 1 is 1.38 bits per heavy atom. The van der Waals surface area contributed by atoms with E-state index in [2.05, 4.69) is 4.90 Å². The van der Waals surface area contributed by atoms with Crippen LogP contribution in [-0.2, 0) is 17.6 Å². The molecule has 1 aromatic carbocycles. The number of nitrogen functional groups attached to an aromatic ring is 1. The van der Waals surface area contributed by atoms with Gasteiger partial charge < -0.3 is 20.3 Å². The molecule has 1 amide bonds. The molecule has 1 heterocycles. The lowest BCUT2D eigenvalue weighted by molar-refractivity contribution is -0.130. The van der Waals surface area contributed by atoms with Gasteiger partial charge in [-0.3, -0.25) is 4.79 Å². The van der Waals surface area contributed by atoms with E-state index < -0.39 is 0 Å². The number of ether oxygens (including phenoxy) is 1. The fourth-order valence-electron chi connectivity index (χ4n) is 2.77. The number of nitrogens with two attached hydrogens (primary N) is 1. The molecule has 0 fully saturated rings. The van der Waals surface area contributed by atoms with E-state index in [4.69, 9.17) is 10.5 Å². The minimum Gasteiger partial charge on any atom is -0.495 e. The molecule has 116 valence electrons. The van der Waals surface area contributed by atoms with Gasteiger partial charge in [-0.2, -0.15) is 0 Å². The average molecular weight is 291 g/mol. The second-order valence-electron chi connectivity index (χ2n) is 5.78. The van der Waals surface area contributed by atoms with Gasteiger partial charge in [0.15, 0.2) is 0 Å². The summed E-state index contributed by atoms with van der Waals surface area (Å²) in [4.78, 5) is 16.5. The Bertz CT molecular complexity index is 514. The molecule has 5 heteroatoms. The predicted octanol–water partition coefficient (Wildman–Crippen LogP) is 1.16. The van der Waals surface area contributed by atoms with Crippen LogP contribution in [0.15, 0.2) is 12.1 Å². The number of nitrogens with zero attached hydrogens (tertiary/aromatic N) is 2. The molecule has 0 atom stereocenters. The van der Waals surface area contributed by atoms with Gasteiger partial charge in [0.2, 0.25) is 5.91 Å². The number of hydrogen-bond donors (Lipinski definition) is 1. The summed E-state index contributed by atoms with van der Waals surface area (Å²) in [5, 5.41) is 0. The van der Waals surface area contributed by atoms with Gasteiger partial charge in [-0.1, -0.05) is 6.07 Å². The van der Waals surface area contributed by atoms with E-state index >= 15 is 0 Å². The number of hydrogen-bond acceptors (Lipinski definition) is 4. The number of methoxy groups -OCH3 is 1. The molecular formula is C16H25N3O2. The van der Waals surface area contributed by atoms with Gasteiger partial charge in [0, 0.05) is 13.1 Å². The molecule has 0 unspecified atom stereocenters. The number of benzene rings is 1. The lowest BCUT2D eigenvalue weighted by atomic mass is 10.0. The van der Waals surface area contributed by atoms with Gasteiger partial charge in [-0.05, 0) is 50.7 Å². The highest BCUT2D eigenvalue weighted by atomic mass is 16.5. The number of rotatable bonds is 5. The Labute approximate surface area is 126 Å². The van der Waals surface area contributed by atoms with Crippen LogP contribution in [-0.4, -0.2) is 56.5 Å². The van der Waals surface area contributed by atoms with Crippen molar-refractivity contribution in [3.63, 3.8) is 0 Å². The second-order valence-corrected chi connectivity index (χ2v) is 5.78. The summed E-state index contributed by atoms with van der Waals surface area (Å²) in [6, 6.07) is 3.92. The number of fused-ring (bicyclic) bond motifs is 1. The molecule has 0 spiro atoms. The first-order valence-electron chi connectivity index (χ1n) is 7.39. The van der Waals surface area contributed by atoms with Crippen molar-refractivity contribution in [2.24, 2.45) is 0 Å². The normalized spacial score (nSPS) is 15.0. The van der Waals surface area contributed by atoms with Crippen molar-refractivity contribution in [1.82, 2.24) is 9.80 Å². The molecule has 0 aromatic heterocycles. The van der Waals surface area contributed by atoms with Crippen LogP contribution >= 0.6 is 0 Å². The SMILES string of the molecule is COc1ccc2c(c1N)CC(=O)N(CCCN(C)C)CC2. The van der Waals surface area contributed by atoms with Crippen molar-refractivity contribution in [1.29, 1.82) is 0 Å². The molecule has 0 radical (unpaired) electrons. The smallest absolute Gasteiger partial charge is 0.227 e. The molecule has 0 aliphatic carbocycles. The number of carbonyl (C=O) groups is 1. The van der Waals surface area contributed by atoms with Gasteiger partial charge in [0.25, 0.3) is 0 Å². The van der Waals surface area contributed by atoms with Gasteiger partial charge >= 0.3 is 0 Å². The van der Waals surface area contributed by atoms with Crippen LogP contribution in [0.2, 0.25) is 0 Å². The lowest BCUT2D eigenvalue weighted by Crippen LogP contribution is -2.34. The summed E-state index contributed by atoms with van der Waals surface area (Å²) in [7, 11) is 5.70. The quantitative estimate of drug-likeness (QED) is 0.827. The number of carbonyl (C=O) groups excluding carboxylic acids is 1. The van der Waals surface area contributed by atoms with Crippen molar-refractivity contribution in [3.8, 4) is 5.75 Å².